The third-order valence-corrected chi connectivity index (χ3v) is 4.13. The molecule has 0 bridgehead atoms. The SMILES string of the molecule is Cc1cnc(NCc2cccc([N+](=O)[O-])c2)nc1NCc1cccc([N+](=O)[O-])c1. The van der Waals surface area contributed by atoms with Crippen molar-refractivity contribution in [1.29, 1.82) is 0 Å². The van der Waals surface area contributed by atoms with Gasteiger partial charge in [0.05, 0.1) is 9.85 Å². The Kier molecular flexibility index (Phi) is 5.93. The van der Waals surface area contributed by atoms with Crippen LogP contribution >= 0.6 is 0 Å². The van der Waals surface area contributed by atoms with Crippen molar-refractivity contribution in [3.05, 3.63) is 91.6 Å². The quantitative estimate of drug-likeness (QED) is 0.434. The minimum Gasteiger partial charge on any atom is -0.366 e. The Balaban J connectivity index is 1.66. The number of nitrogens with one attached hydrogen (secondary N) is 2. The molecule has 0 fully saturated rings. The molecule has 2 aromatic carbocycles. The van der Waals surface area contributed by atoms with Crippen molar-refractivity contribution < 1.29 is 9.85 Å². The molecule has 148 valence electrons. The lowest BCUT2D eigenvalue weighted by Crippen LogP contribution is -2.08. The van der Waals surface area contributed by atoms with Crippen LogP contribution in [0.5, 0.6) is 0 Å². The van der Waals surface area contributed by atoms with Crippen LogP contribution in [0.1, 0.15) is 16.7 Å². The molecule has 0 unspecified atom stereocenters. The van der Waals surface area contributed by atoms with E-state index in [1.54, 1.807) is 30.5 Å². The summed E-state index contributed by atoms with van der Waals surface area (Å²) in [7, 11) is 0. The van der Waals surface area contributed by atoms with Gasteiger partial charge >= 0.3 is 0 Å². The average Bonchev–Trinajstić information content (AvgIpc) is 2.72. The Morgan fingerprint density at radius 1 is 0.897 bits per heavy atom. The number of nitro benzene ring substituents is 2. The highest BCUT2D eigenvalue weighted by molar-refractivity contribution is 5.48. The van der Waals surface area contributed by atoms with Crippen LogP contribution < -0.4 is 10.6 Å². The molecule has 0 spiro atoms. The normalized spacial score (nSPS) is 10.4. The maximum absolute atomic E-state index is 10.9. The van der Waals surface area contributed by atoms with E-state index in [0.29, 0.717) is 24.9 Å². The van der Waals surface area contributed by atoms with Gasteiger partial charge in [-0.2, -0.15) is 4.98 Å². The molecule has 0 amide bonds. The van der Waals surface area contributed by atoms with Crippen molar-refractivity contribution in [3.63, 3.8) is 0 Å². The van der Waals surface area contributed by atoms with E-state index in [9.17, 15) is 20.2 Å². The maximum atomic E-state index is 10.9. The molecule has 3 rings (SSSR count). The van der Waals surface area contributed by atoms with Gasteiger partial charge in [0.25, 0.3) is 11.4 Å². The zero-order valence-electron chi connectivity index (χ0n) is 15.5. The van der Waals surface area contributed by atoms with E-state index in [0.717, 1.165) is 16.7 Å². The number of benzene rings is 2. The second-order valence-electron chi connectivity index (χ2n) is 6.29. The van der Waals surface area contributed by atoms with Crippen LogP contribution in [0.3, 0.4) is 0 Å². The molecule has 3 aromatic rings. The Morgan fingerprint density at radius 3 is 2.00 bits per heavy atom. The Bertz CT molecular complexity index is 1060. The average molecular weight is 394 g/mol. The molecule has 0 aliphatic heterocycles. The first-order chi connectivity index (χ1) is 13.9. The third-order valence-electron chi connectivity index (χ3n) is 4.13. The molecule has 0 radical (unpaired) electrons. The number of nitro groups is 2. The van der Waals surface area contributed by atoms with Gasteiger partial charge in [0.15, 0.2) is 0 Å². The van der Waals surface area contributed by atoms with E-state index >= 15 is 0 Å². The predicted octanol–water partition coefficient (Wildman–Crippen LogP) is 3.83. The second-order valence-corrected chi connectivity index (χ2v) is 6.29. The fourth-order valence-corrected chi connectivity index (χ4v) is 2.63. The molecule has 1 heterocycles. The summed E-state index contributed by atoms with van der Waals surface area (Å²) in [5.41, 5.74) is 2.35. The zero-order chi connectivity index (χ0) is 20.8. The molecular formula is C19H18N6O4. The molecule has 2 N–H and O–H groups in total. The maximum Gasteiger partial charge on any atom is 0.269 e. The van der Waals surface area contributed by atoms with E-state index in [2.05, 4.69) is 20.6 Å². The number of anilines is 2. The third kappa shape index (κ3) is 5.22. The van der Waals surface area contributed by atoms with E-state index in [4.69, 9.17) is 0 Å². The molecule has 0 saturated heterocycles. The van der Waals surface area contributed by atoms with Crippen LogP contribution in [0.25, 0.3) is 0 Å². The first-order valence-corrected chi connectivity index (χ1v) is 8.70. The van der Waals surface area contributed by atoms with Crippen LogP contribution in [-0.2, 0) is 13.1 Å². The summed E-state index contributed by atoms with van der Waals surface area (Å²) in [4.78, 5) is 29.5. The van der Waals surface area contributed by atoms with Crippen molar-refractivity contribution in [3.8, 4) is 0 Å². The molecule has 10 heteroatoms. The van der Waals surface area contributed by atoms with E-state index in [1.807, 2.05) is 6.92 Å². The first-order valence-electron chi connectivity index (χ1n) is 8.70. The molecule has 0 atom stereocenters. The van der Waals surface area contributed by atoms with E-state index in [1.165, 1.54) is 24.3 Å². The van der Waals surface area contributed by atoms with Gasteiger partial charge in [0.2, 0.25) is 5.95 Å². The van der Waals surface area contributed by atoms with Gasteiger partial charge in [0, 0.05) is 49.1 Å². The number of hydrogen-bond donors (Lipinski definition) is 2. The summed E-state index contributed by atoms with van der Waals surface area (Å²) in [5, 5.41) is 28.0. The van der Waals surface area contributed by atoms with E-state index < -0.39 is 9.85 Å². The summed E-state index contributed by atoms with van der Waals surface area (Å²) in [6.07, 6.45) is 1.65. The van der Waals surface area contributed by atoms with Crippen molar-refractivity contribution in [2.24, 2.45) is 0 Å². The highest BCUT2D eigenvalue weighted by atomic mass is 16.6. The summed E-state index contributed by atoms with van der Waals surface area (Å²) in [6.45, 7) is 2.54. The highest BCUT2D eigenvalue weighted by Gasteiger charge is 2.09. The van der Waals surface area contributed by atoms with Crippen LogP contribution in [0.2, 0.25) is 0 Å². The largest absolute Gasteiger partial charge is 0.366 e. The topological polar surface area (TPSA) is 136 Å². The monoisotopic (exact) mass is 394 g/mol. The smallest absolute Gasteiger partial charge is 0.269 e. The fraction of sp³-hybridized carbons (Fsp3) is 0.158. The number of hydrogen-bond acceptors (Lipinski definition) is 8. The van der Waals surface area contributed by atoms with Gasteiger partial charge in [-0.05, 0) is 18.1 Å². The lowest BCUT2D eigenvalue weighted by Gasteiger charge is -2.11. The molecule has 10 nitrogen and oxygen atoms in total. The predicted molar refractivity (Wildman–Crippen MR) is 108 cm³/mol. The molecule has 29 heavy (non-hydrogen) atoms. The number of non-ortho nitro benzene ring substituents is 2. The van der Waals surface area contributed by atoms with E-state index in [-0.39, 0.29) is 11.4 Å². The Morgan fingerprint density at radius 2 is 1.45 bits per heavy atom. The summed E-state index contributed by atoms with van der Waals surface area (Å²) < 4.78 is 0. The van der Waals surface area contributed by atoms with Crippen LogP contribution in [0.4, 0.5) is 23.1 Å². The van der Waals surface area contributed by atoms with Crippen LogP contribution in [0, 0.1) is 27.2 Å². The molecule has 1 aromatic heterocycles. The fourth-order valence-electron chi connectivity index (χ4n) is 2.63. The summed E-state index contributed by atoms with van der Waals surface area (Å²) >= 11 is 0. The van der Waals surface area contributed by atoms with Crippen molar-refractivity contribution >= 4 is 23.1 Å². The van der Waals surface area contributed by atoms with Gasteiger partial charge < -0.3 is 10.6 Å². The lowest BCUT2D eigenvalue weighted by atomic mass is 10.2. The van der Waals surface area contributed by atoms with Crippen molar-refractivity contribution in [2.45, 2.75) is 20.0 Å². The summed E-state index contributed by atoms with van der Waals surface area (Å²) in [6, 6.07) is 12.7. The first kappa shape index (κ1) is 19.7. The number of nitrogens with zero attached hydrogens (tertiary/aromatic N) is 4. The highest BCUT2D eigenvalue weighted by Crippen LogP contribution is 2.18. The molecule has 0 aliphatic rings. The van der Waals surface area contributed by atoms with Gasteiger partial charge in [-0.25, -0.2) is 4.98 Å². The summed E-state index contributed by atoms with van der Waals surface area (Å²) in [5.74, 6) is 0.955. The van der Waals surface area contributed by atoms with Gasteiger partial charge in [-0.1, -0.05) is 24.3 Å². The number of aromatic nitrogens is 2. The van der Waals surface area contributed by atoms with Gasteiger partial charge in [-0.15, -0.1) is 0 Å². The lowest BCUT2D eigenvalue weighted by molar-refractivity contribution is -0.385. The second kappa shape index (κ2) is 8.74. The van der Waals surface area contributed by atoms with Crippen LogP contribution in [-0.4, -0.2) is 19.8 Å². The van der Waals surface area contributed by atoms with Crippen molar-refractivity contribution in [1.82, 2.24) is 9.97 Å². The van der Waals surface area contributed by atoms with Gasteiger partial charge in [0.1, 0.15) is 5.82 Å². The van der Waals surface area contributed by atoms with Crippen molar-refractivity contribution in [2.75, 3.05) is 10.6 Å². The Labute approximate surface area is 165 Å². The Hall–Kier alpha value is -4.08. The molecule has 0 aliphatic carbocycles. The van der Waals surface area contributed by atoms with Crippen LogP contribution in [0.15, 0.2) is 54.7 Å². The molecular weight excluding hydrogens is 376 g/mol. The number of aryl methyl sites for hydroxylation is 1. The standard InChI is InChI=1S/C19H18N6O4/c1-13-10-21-19(22-12-15-5-3-7-17(9-15)25(28)29)23-18(13)20-11-14-4-2-6-16(8-14)24(26)27/h2-10H,11-12H2,1H3,(H2,20,21,22,23). The zero-order valence-corrected chi connectivity index (χ0v) is 15.5. The number of rotatable bonds is 8. The van der Waals surface area contributed by atoms with Gasteiger partial charge in [-0.3, -0.25) is 20.2 Å². The molecule has 0 saturated carbocycles. The minimum absolute atomic E-state index is 0.0217. The minimum atomic E-state index is -0.443.